The molecular weight excluding hydrogens is 253 g/mol. The van der Waals surface area contributed by atoms with Crippen molar-refractivity contribution in [3.05, 3.63) is 0 Å². The Hall–Kier alpha value is 1.94. The van der Waals surface area contributed by atoms with Crippen molar-refractivity contribution in [2.24, 2.45) is 0 Å². The average molecular weight is 253 g/mol. The first-order valence-corrected chi connectivity index (χ1v) is 0.986. The normalized spacial score (nSPS) is 1.00. The third kappa shape index (κ3) is 9.05. The summed E-state index contributed by atoms with van der Waals surface area (Å²) in [6, 6.07) is 0. The van der Waals surface area contributed by atoms with Crippen LogP contribution in [-0.2, 0) is 67.3 Å². The fourth-order valence-corrected chi connectivity index (χ4v) is 0. The SMILES string of the molecule is [Nb].[O]=[Mo].[Ti]. The maximum Gasteiger partial charge on any atom is 0 e. The summed E-state index contributed by atoms with van der Waals surface area (Å²) in [5.74, 6) is 0. The molecule has 0 saturated heterocycles. The van der Waals surface area contributed by atoms with Crippen LogP contribution < -0.4 is 0 Å². The van der Waals surface area contributed by atoms with E-state index in [1.165, 1.54) is 0 Å². The molecule has 0 N–H and O–H groups in total. The molecule has 0 aliphatic heterocycles. The third-order valence-corrected chi connectivity index (χ3v) is 0. The van der Waals surface area contributed by atoms with Crippen LogP contribution in [0.5, 0.6) is 0 Å². The van der Waals surface area contributed by atoms with E-state index in [-0.39, 0.29) is 44.1 Å². The first-order chi connectivity index (χ1) is 1.00. The first kappa shape index (κ1) is 16.8. The van der Waals surface area contributed by atoms with Crippen LogP contribution in [0.4, 0.5) is 0 Å². The molecule has 1 radical (unpaired) electrons. The van der Waals surface area contributed by atoms with E-state index in [0.29, 0.717) is 19.8 Å². The van der Waals surface area contributed by atoms with Crippen molar-refractivity contribution in [3.63, 3.8) is 0 Å². The molecule has 0 aromatic rings. The van der Waals surface area contributed by atoms with Gasteiger partial charge in [0.15, 0.2) is 0 Å². The van der Waals surface area contributed by atoms with Crippen molar-refractivity contribution in [2.75, 3.05) is 0 Å². The van der Waals surface area contributed by atoms with E-state index in [2.05, 4.69) is 0 Å². The summed E-state index contributed by atoms with van der Waals surface area (Å²) in [5, 5.41) is 0. The van der Waals surface area contributed by atoms with Crippen LogP contribution in [0, 0.1) is 0 Å². The van der Waals surface area contributed by atoms with Gasteiger partial charge in [0.2, 0.25) is 0 Å². The van der Waals surface area contributed by atoms with Crippen molar-refractivity contribution >= 4 is 0 Å². The van der Waals surface area contributed by atoms with Crippen LogP contribution in [0.1, 0.15) is 0 Å². The molecule has 0 aromatic heterocycles. The molecule has 0 fully saturated rings. The van der Waals surface area contributed by atoms with Crippen LogP contribution in [-0.4, -0.2) is 0 Å². The summed E-state index contributed by atoms with van der Waals surface area (Å²) >= 11 is 0.700. The minimum atomic E-state index is 0. The van der Waals surface area contributed by atoms with E-state index >= 15 is 0 Å². The van der Waals surface area contributed by atoms with Crippen molar-refractivity contribution < 1.29 is 67.3 Å². The van der Waals surface area contributed by atoms with E-state index < -0.39 is 0 Å². The summed E-state index contributed by atoms with van der Waals surface area (Å²) in [5.41, 5.74) is 0. The molecule has 0 saturated carbocycles. The minimum absolute atomic E-state index is 0. The smallest absolute Gasteiger partial charge is 0 e. The molecule has 0 amide bonds. The van der Waals surface area contributed by atoms with Crippen molar-refractivity contribution in [1.82, 2.24) is 0 Å². The van der Waals surface area contributed by atoms with Gasteiger partial charge in [-0.3, -0.25) is 0 Å². The summed E-state index contributed by atoms with van der Waals surface area (Å²) < 4.78 is 8.26. The molecule has 21 valence electrons. The predicted octanol–water partition coefficient (Wildman–Crippen LogP) is -0.126. The van der Waals surface area contributed by atoms with E-state index in [4.69, 9.17) is 3.40 Å². The molecule has 0 unspecified atom stereocenters. The van der Waals surface area contributed by atoms with Gasteiger partial charge in [-0.05, 0) is 0 Å². The Morgan fingerprint density at radius 2 is 1.25 bits per heavy atom. The molecule has 0 heterocycles. The zero-order valence-corrected chi connectivity index (χ0v) is 7.53. The van der Waals surface area contributed by atoms with E-state index in [1.807, 2.05) is 0 Å². The standard InChI is InChI=1S/Mo.Nb.O.Ti. The molecule has 4 heavy (non-hydrogen) atoms. The molecule has 0 bridgehead atoms. The molecule has 1 nitrogen and oxygen atoms in total. The molecule has 0 spiro atoms. The molecule has 4 heteroatoms. The van der Waals surface area contributed by atoms with Gasteiger partial charge in [0.25, 0.3) is 0 Å². The summed E-state index contributed by atoms with van der Waals surface area (Å²) in [6.07, 6.45) is 0. The second-order valence-electron chi connectivity index (χ2n) is 0. The largest absolute Gasteiger partial charge is 0 e. The van der Waals surface area contributed by atoms with E-state index in [0.717, 1.165) is 0 Å². The maximum atomic E-state index is 8.26. The van der Waals surface area contributed by atoms with Gasteiger partial charge in [0.05, 0.1) is 0 Å². The molecule has 0 aromatic carbocycles. The zero-order chi connectivity index (χ0) is 2.00. The second-order valence-corrected chi connectivity index (χ2v) is 0. The Morgan fingerprint density at radius 3 is 1.25 bits per heavy atom. The van der Waals surface area contributed by atoms with Gasteiger partial charge < -0.3 is 0 Å². The second kappa shape index (κ2) is 20.4. The third-order valence-electron chi connectivity index (χ3n) is 0. The monoisotopic (exact) mass is 255 g/mol. The summed E-state index contributed by atoms with van der Waals surface area (Å²) in [7, 11) is 0. The Kier molecular flexibility index (Phi) is 85.3. The van der Waals surface area contributed by atoms with Gasteiger partial charge in [0.1, 0.15) is 0 Å². The Bertz CT molecular complexity index is 8.00. The fraction of sp³-hybridized carbons (Fsp3) is 0. The molecule has 0 rings (SSSR count). The Balaban J connectivity index is -0.00000000500. The Labute approximate surface area is 66.5 Å². The number of hydrogen-bond donors (Lipinski definition) is 0. The van der Waals surface area contributed by atoms with Gasteiger partial charge in [0, 0.05) is 44.1 Å². The molecular formula is MoNbOTi. The number of hydrogen-bond acceptors (Lipinski definition) is 1. The van der Waals surface area contributed by atoms with Crippen molar-refractivity contribution in [1.29, 1.82) is 0 Å². The zero-order valence-electron chi connectivity index (χ0n) is 1.76. The van der Waals surface area contributed by atoms with Crippen LogP contribution in [0.15, 0.2) is 0 Å². The van der Waals surface area contributed by atoms with Crippen LogP contribution in [0.3, 0.4) is 0 Å². The van der Waals surface area contributed by atoms with Crippen LogP contribution in [0.2, 0.25) is 0 Å². The summed E-state index contributed by atoms with van der Waals surface area (Å²) in [6.45, 7) is 0. The quantitative estimate of drug-likeness (QED) is 0.549. The Morgan fingerprint density at radius 1 is 1.25 bits per heavy atom. The first-order valence-electron chi connectivity index (χ1n) is 0.167. The van der Waals surface area contributed by atoms with Gasteiger partial charge in [-0.15, -0.1) is 0 Å². The van der Waals surface area contributed by atoms with E-state index in [9.17, 15) is 0 Å². The maximum absolute atomic E-state index is 8.26. The van der Waals surface area contributed by atoms with Gasteiger partial charge in [-0.1, -0.05) is 0 Å². The fourth-order valence-electron chi connectivity index (χ4n) is 0. The minimum Gasteiger partial charge on any atom is 0 e. The van der Waals surface area contributed by atoms with Crippen LogP contribution in [0.25, 0.3) is 0 Å². The van der Waals surface area contributed by atoms with Crippen LogP contribution >= 0.6 is 0 Å². The summed E-state index contributed by atoms with van der Waals surface area (Å²) in [4.78, 5) is 0. The molecule has 0 aliphatic rings. The van der Waals surface area contributed by atoms with Crippen molar-refractivity contribution in [2.45, 2.75) is 0 Å². The predicted molar refractivity (Wildman–Crippen MR) is 0.686 cm³/mol. The topological polar surface area (TPSA) is 17.1 Å². The van der Waals surface area contributed by atoms with Gasteiger partial charge in [-0.2, -0.15) is 0 Å². The number of rotatable bonds is 0. The molecule has 0 atom stereocenters. The average Bonchev–Trinajstić information content (AvgIpc) is 1.00. The van der Waals surface area contributed by atoms with Crippen molar-refractivity contribution in [3.8, 4) is 0 Å². The van der Waals surface area contributed by atoms with E-state index in [1.54, 1.807) is 0 Å². The van der Waals surface area contributed by atoms with Gasteiger partial charge in [-0.25, -0.2) is 0 Å². The molecule has 0 aliphatic carbocycles. The van der Waals surface area contributed by atoms with Gasteiger partial charge >= 0.3 is 23.2 Å².